The third kappa shape index (κ3) is 3.94. The quantitative estimate of drug-likeness (QED) is 0.433. The second kappa shape index (κ2) is 8.67. The number of aromatic nitrogens is 1. The number of rotatable bonds is 4. The van der Waals surface area contributed by atoms with E-state index in [0.717, 1.165) is 35.3 Å². The van der Waals surface area contributed by atoms with Crippen LogP contribution in [0.4, 0.5) is 11.4 Å². The fourth-order valence-corrected chi connectivity index (χ4v) is 3.87. The molecular weight excluding hydrogens is 400 g/mol. The van der Waals surface area contributed by atoms with E-state index in [1.165, 1.54) is 18.3 Å². The third-order valence-corrected chi connectivity index (χ3v) is 5.41. The lowest BCUT2D eigenvalue weighted by Crippen LogP contribution is -2.39. The molecule has 0 N–H and O–H groups in total. The number of aryl methyl sites for hydroxylation is 2. The molecular formula is C24H21ClN2O3. The number of hydrogen-bond acceptors (Lipinski definition) is 4. The topological polar surface area (TPSA) is 59.5 Å². The maximum atomic E-state index is 13.7. The van der Waals surface area contributed by atoms with Gasteiger partial charge >= 0.3 is 5.97 Å². The number of benzene rings is 2. The molecule has 1 atom stereocenters. The van der Waals surface area contributed by atoms with Gasteiger partial charge in [-0.1, -0.05) is 54.9 Å². The number of halogens is 1. The Bertz CT molecular complexity index is 1050. The fourth-order valence-electron chi connectivity index (χ4n) is 3.70. The second-order valence-corrected chi connectivity index (χ2v) is 7.49. The normalized spacial score (nSPS) is 13.6. The zero-order valence-corrected chi connectivity index (χ0v) is 17.3. The molecule has 2 heterocycles. The molecule has 30 heavy (non-hydrogen) atoms. The van der Waals surface area contributed by atoms with Crippen LogP contribution in [0.3, 0.4) is 0 Å². The lowest BCUT2D eigenvalue weighted by atomic mass is 10.0. The van der Waals surface area contributed by atoms with Crippen LogP contribution in [-0.2, 0) is 22.4 Å². The molecule has 0 aliphatic carbocycles. The Morgan fingerprint density at radius 2 is 1.63 bits per heavy atom. The number of ether oxygens (including phenoxy) is 1. The molecule has 0 saturated carbocycles. The van der Waals surface area contributed by atoms with Gasteiger partial charge in [-0.25, -0.2) is 9.78 Å². The van der Waals surface area contributed by atoms with Crippen molar-refractivity contribution in [3.05, 3.63) is 88.7 Å². The highest BCUT2D eigenvalue weighted by Gasteiger charge is 2.32. The molecule has 1 aliphatic rings. The van der Waals surface area contributed by atoms with Crippen LogP contribution in [0, 0.1) is 0 Å². The smallest absolute Gasteiger partial charge is 0.339 e. The van der Waals surface area contributed by atoms with Crippen molar-refractivity contribution in [3.8, 4) is 0 Å². The molecule has 0 fully saturated rings. The fraction of sp³-hybridized carbons (Fsp3) is 0.208. The molecule has 0 spiro atoms. The van der Waals surface area contributed by atoms with E-state index in [9.17, 15) is 9.59 Å². The SMILES string of the molecule is CCC(OC(=O)c1ccnc(Cl)c1)C(=O)N1c2ccccc2CCc2ccccc21. The van der Waals surface area contributed by atoms with Gasteiger partial charge in [0.15, 0.2) is 6.10 Å². The number of carbonyl (C=O) groups is 2. The number of fused-ring (bicyclic) bond motifs is 2. The number of esters is 1. The molecule has 1 aliphatic heterocycles. The van der Waals surface area contributed by atoms with E-state index in [1.807, 2.05) is 55.5 Å². The Morgan fingerprint density at radius 3 is 2.20 bits per heavy atom. The van der Waals surface area contributed by atoms with Crippen molar-refractivity contribution in [2.75, 3.05) is 4.90 Å². The van der Waals surface area contributed by atoms with Crippen LogP contribution in [0.15, 0.2) is 66.9 Å². The van der Waals surface area contributed by atoms with Crippen LogP contribution in [0.25, 0.3) is 0 Å². The summed E-state index contributed by atoms with van der Waals surface area (Å²) >= 11 is 5.88. The maximum absolute atomic E-state index is 13.7. The minimum atomic E-state index is -0.927. The number of hydrogen-bond donors (Lipinski definition) is 0. The first-order valence-corrected chi connectivity index (χ1v) is 10.3. The molecule has 0 bridgehead atoms. The van der Waals surface area contributed by atoms with Crippen molar-refractivity contribution in [1.29, 1.82) is 0 Å². The van der Waals surface area contributed by atoms with Crippen LogP contribution in [0.2, 0.25) is 5.15 Å². The third-order valence-electron chi connectivity index (χ3n) is 5.21. The first kappa shape index (κ1) is 20.1. The van der Waals surface area contributed by atoms with Crippen LogP contribution in [-0.4, -0.2) is 23.0 Å². The summed E-state index contributed by atoms with van der Waals surface area (Å²) in [4.78, 5) is 31.9. The Labute approximate surface area is 180 Å². The molecule has 3 aromatic rings. The van der Waals surface area contributed by atoms with E-state index in [0.29, 0.717) is 6.42 Å². The predicted molar refractivity (Wildman–Crippen MR) is 116 cm³/mol. The minimum Gasteiger partial charge on any atom is -0.449 e. The average molecular weight is 421 g/mol. The molecule has 0 radical (unpaired) electrons. The Kier molecular flexibility index (Phi) is 5.81. The van der Waals surface area contributed by atoms with E-state index in [2.05, 4.69) is 4.98 Å². The van der Waals surface area contributed by atoms with Gasteiger partial charge in [-0.2, -0.15) is 0 Å². The zero-order chi connectivity index (χ0) is 21.1. The number of nitrogens with zero attached hydrogens (tertiary/aromatic N) is 2. The lowest BCUT2D eigenvalue weighted by molar-refractivity contribution is -0.126. The number of pyridine rings is 1. The largest absolute Gasteiger partial charge is 0.449 e. The summed E-state index contributed by atoms with van der Waals surface area (Å²) in [5, 5.41) is 0.194. The van der Waals surface area contributed by atoms with Crippen molar-refractivity contribution in [1.82, 2.24) is 4.98 Å². The summed E-state index contributed by atoms with van der Waals surface area (Å²) < 4.78 is 5.61. The number of amides is 1. The summed E-state index contributed by atoms with van der Waals surface area (Å²) in [5.74, 6) is -0.872. The van der Waals surface area contributed by atoms with Gasteiger partial charge in [-0.15, -0.1) is 0 Å². The van der Waals surface area contributed by atoms with Crippen LogP contribution in [0.5, 0.6) is 0 Å². The Balaban J connectivity index is 1.69. The second-order valence-electron chi connectivity index (χ2n) is 7.10. The summed E-state index contributed by atoms with van der Waals surface area (Å²) in [6, 6.07) is 18.7. The molecule has 6 heteroatoms. The van der Waals surface area contributed by atoms with E-state index in [-0.39, 0.29) is 16.6 Å². The maximum Gasteiger partial charge on any atom is 0.339 e. The van der Waals surface area contributed by atoms with Crippen molar-refractivity contribution >= 4 is 34.9 Å². The minimum absolute atomic E-state index is 0.194. The van der Waals surface area contributed by atoms with Crippen LogP contribution >= 0.6 is 11.6 Å². The summed E-state index contributed by atoms with van der Waals surface area (Å²) in [5.41, 5.74) is 4.09. The van der Waals surface area contributed by atoms with Gasteiger partial charge in [0.2, 0.25) is 0 Å². The van der Waals surface area contributed by atoms with E-state index >= 15 is 0 Å². The van der Waals surface area contributed by atoms with Gasteiger partial charge in [0.25, 0.3) is 5.91 Å². The molecule has 152 valence electrons. The highest BCUT2D eigenvalue weighted by atomic mass is 35.5. The van der Waals surface area contributed by atoms with Crippen molar-refractivity contribution in [2.45, 2.75) is 32.3 Å². The molecule has 1 aromatic heterocycles. The first-order valence-electron chi connectivity index (χ1n) is 9.90. The Hall–Kier alpha value is -3.18. The van der Waals surface area contributed by atoms with Crippen molar-refractivity contribution in [2.24, 2.45) is 0 Å². The standard InChI is InChI=1S/C24H21ClN2O3/c1-2-21(30-24(29)18-13-14-26-22(25)15-18)23(28)27-19-9-5-3-7-16(19)11-12-17-8-4-6-10-20(17)27/h3-10,13-15,21H,2,11-12H2,1H3. The molecule has 1 amide bonds. The Morgan fingerprint density at radius 1 is 1.03 bits per heavy atom. The molecule has 2 aromatic carbocycles. The van der Waals surface area contributed by atoms with Gasteiger partial charge < -0.3 is 4.74 Å². The monoisotopic (exact) mass is 420 g/mol. The van der Waals surface area contributed by atoms with Gasteiger partial charge in [0.05, 0.1) is 16.9 Å². The molecule has 0 saturated heterocycles. The van der Waals surface area contributed by atoms with Crippen LogP contribution in [0.1, 0.15) is 34.8 Å². The number of carbonyl (C=O) groups excluding carboxylic acids is 2. The van der Waals surface area contributed by atoms with E-state index in [4.69, 9.17) is 16.3 Å². The van der Waals surface area contributed by atoms with Gasteiger partial charge in [0.1, 0.15) is 5.15 Å². The van der Waals surface area contributed by atoms with Gasteiger partial charge in [-0.05, 0) is 54.7 Å². The van der Waals surface area contributed by atoms with E-state index in [1.54, 1.807) is 4.90 Å². The molecule has 5 nitrogen and oxygen atoms in total. The lowest BCUT2D eigenvalue weighted by Gasteiger charge is -2.28. The first-order chi connectivity index (χ1) is 14.6. The van der Waals surface area contributed by atoms with E-state index < -0.39 is 12.1 Å². The van der Waals surface area contributed by atoms with Gasteiger partial charge in [0, 0.05) is 6.20 Å². The molecule has 1 unspecified atom stereocenters. The summed E-state index contributed by atoms with van der Waals surface area (Å²) in [6.45, 7) is 1.82. The zero-order valence-electron chi connectivity index (χ0n) is 16.5. The van der Waals surface area contributed by atoms with Crippen molar-refractivity contribution in [3.63, 3.8) is 0 Å². The summed E-state index contributed by atoms with van der Waals surface area (Å²) in [6.07, 6.45) is 2.53. The average Bonchev–Trinajstić information content (AvgIpc) is 2.94. The predicted octanol–water partition coefficient (Wildman–Crippen LogP) is 5.13. The van der Waals surface area contributed by atoms with Crippen LogP contribution < -0.4 is 4.90 Å². The summed E-state index contributed by atoms with van der Waals surface area (Å²) in [7, 11) is 0. The van der Waals surface area contributed by atoms with Gasteiger partial charge in [-0.3, -0.25) is 9.69 Å². The molecule has 4 rings (SSSR count). The number of para-hydroxylation sites is 2. The van der Waals surface area contributed by atoms with Crippen molar-refractivity contribution < 1.29 is 14.3 Å². The highest BCUT2D eigenvalue weighted by molar-refractivity contribution is 6.29. The number of anilines is 2. The highest BCUT2D eigenvalue weighted by Crippen LogP contribution is 2.36.